The maximum absolute atomic E-state index is 13.2. The third-order valence-electron chi connectivity index (χ3n) is 5.45. The van der Waals surface area contributed by atoms with Gasteiger partial charge in [0.1, 0.15) is 5.69 Å². The molecule has 0 aliphatic rings. The van der Waals surface area contributed by atoms with Crippen molar-refractivity contribution in [1.29, 1.82) is 0 Å². The first-order valence-electron chi connectivity index (χ1n) is 10.2. The standard InChI is InChI=1S/C24H25F3N4O2/c1-3-23(33,24(25,26)27)22(28)14-31(29)13-16-9-10-18-19(17-7-5-4-6-8-17)12-20(15(2)32)30-21(18)11-16/h4-12,14,33H,3,13,28-29H2,1-2H3/b22-14-. The van der Waals surface area contributed by atoms with E-state index >= 15 is 0 Å². The third-order valence-corrected chi connectivity index (χ3v) is 5.45. The van der Waals surface area contributed by atoms with Crippen LogP contribution in [-0.2, 0) is 6.54 Å². The van der Waals surface area contributed by atoms with E-state index in [0.717, 1.165) is 27.7 Å². The van der Waals surface area contributed by atoms with Crippen LogP contribution in [-0.4, -0.2) is 32.7 Å². The SMILES string of the molecule is CCC(O)(/C(N)=C/N(N)Cc1ccc2c(-c3ccccc3)cc(C(C)=O)nc2c1)C(F)(F)F. The second-order valence-corrected chi connectivity index (χ2v) is 7.80. The number of carbonyl (C=O) groups excluding carboxylic acids is 1. The van der Waals surface area contributed by atoms with E-state index in [0.29, 0.717) is 16.8 Å². The zero-order valence-electron chi connectivity index (χ0n) is 18.2. The van der Waals surface area contributed by atoms with Gasteiger partial charge in [-0.15, -0.1) is 0 Å². The lowest BCUT2D eigenvalue weighted by Crippen LogP contribution is -2.49. The van der Waals surface area contributed by atoms with Gasteiger partial charge in [0, 0.05) is 18.5 Å². The summed E-state index contributed by atoms with van der Waals surface area (Å²) in [6.45, 7) is 2.61. The van der Waals surface area contributed by atoms with Crippen molar-refractivity contribution >= 4 is 16.7 Å². The molecular formula is C24H25F3N4O2. The Bertz CT molecular complexity index is 1200. The van der Waals surface area contributed by atoms with E-state index in [1.54, 1.807) is 18.2 Å². The second kappa shape index (κ2) is 9.21. The van der Waals surface area contributed by atoms with E-state index in [-0.39, 0.29) is 12.3 Å². The molecule has 0 bridgehead atoms. The van der Waals surface area contributed by atoms with Gasteiger partial charge in [0.15, 0.2) is 5.78 Å². The van der Waals surface area contributed by atoms with Crippen molar-refractivity contribution in [2.75, 3.05) is 0 Å². The predicted octanol–water partition coefficient (Wildman–Crippen LogP) is 4.28. The predicted molar refractivity (Wildman–Crippen MR) is 120 cm³/mol. The number of halogens is 3. The first kappa shape index (κ1) is 24.2. The molecule has 3 aromatic rings. The lowest BCUT2D eigenvalue weighted by molar-refractivity contribution is -0.245. The molecule has 1 unspecified atom stereocenters. The van der Waals surface area contributed by atoms with Gasteiger partial charge in [-0.2, -0.15) is 13.2 Å². The minimum atomic E-state index is -4.94. The number of pyridine rings is 1. The van der Waals surface area contributed by atoms with Crippen LogP contribution in [0.1, 0.15) is 36.3 Å². The molecule has 0 saturated heterocycles. The fraction of sp³-hybridized carbons (Fsp3) is 0.250. The number of carbonyl (C=O) groups is 1. The van der Waals surface area contributed by atoms with Crippen LogP contribution >= 0.6 is 0 Å². The van der Waals surface area contributed by atoms with Crippen LogP contribution in [0.2, 0.25) is 0 Å². The van der Waals surface area contributed by atoms with Gasteiger partial charge >= 0.3 is 6.18 Å². The summed E-state index contributed by atoms with van der Waals surface area (Å²) >= 11 is 0. The van der Waals surface area contributed by atoms with Crippen LogP contribution in [0.4, 0.5) is 13.2 Å². The Hall–Kier alpha value is -3.43. The highest BCUT2D eigenvalue weighted by molar-refractivity contribution is 6.01. The highest BCUT2D eigenvalue weighted by Gasteiger charge is 2.54. The summed E-state index contributed by atoms with van der Waals surface area (Å²) in [6, 6.07) is 16.6. The topological polar surface area (TPSA) is 105 Å². The van der Waals surface area contributed by atoms with Gasteiger partial charge in [0.05, 0.1) is 17.8 Å². The van der Waals surface area contributed by atoms with Crippen molar-refractivity contribution in [2.45, 2.75) is 38.6 Å². The summed E-state index contributed by atoms with van der Waals surface area (Å²) < 4.78 is 39.7. The molecule has 6 nitrogen and oxygen atoms in total. The highest BCUT2D eigenvalue weighted by atomic mass is 19.4. The molecule has 0 radical (unpaired) electrons. The summed E-state index contributed by atoms with van der Waals surface area (Å²) in [4.78, 5) is 16.5. The number of nitrogens with two attached hydrogens (primary N) is 2. The maximum atomic E-state index is 13.2. The summed E-state index contributed by atoms with van der Waals surface area (Å²) in [5.74, 6) is 5.68. The van der Waals surface area contributed by atoms with Gasteiger partial charge < -0.3 is 15.8 Å². The maximum Gasteiger partial charge on any atom is 0.422 e. The fourth-order valence-corrected chi connectivity index (χ4v) is 3.52. The first-order chi connectivity index (χ1) is 15.5. The number of ketones is 1. The minimum absolute atomic E-state index is 0.000933. The Kier molecular flexibility index (Phi) is 6.76. The molecule has 1 aromatic heterocycles. The van der Waals surface area contributed by atoms with E-state index in [1.165, 1.54) is 13.8 Å². The molecule has 5 N–H and O–H groups in total. The Labute approximate surface area is 189 Å². The van der Waals surface area contributed by atoms with Crippen molar-refractivity contribution in [3.05, 3.63) is 77.8 Å². The molecule has 0 aliphatic heterocycles. The minimum Gasteiger partial charge on any atom is -0.398 e. The molecule has 0 aliphatic carbocycles. The molecule has 0 fully saturated rings. The first-order valence-corrected chi connectivity index (χ1v) is 10.2. The molecule has 0 amide bonds. The molecule has 0 saturated carbocycles. The average Bonchev–Trinajstić information content (AvgIpc) is 2.77. The number of aromatic nitrogens is 1. The van der Waals surface area contributed by atoms with Gasteiger partial charge in [-0.1, -0.05) is 49.4 Å². The number of nitrogens with zero attached hydrogens (tertiary/aromatic N) is 2. The number of benzene rings is 2. The van der Waals surface area contributed by atoms with Gasteiger partial charge in [-0.3, -0.25) is 4.79 Å². The number of fused-ring (bicyclic) bond motifs is 1. The smallest absolute Gasteiger partial charge is 0.398 e. The molecule has 33 heavy (non-hydrogen) atoms. The quantitative estimate of drug-likeness (QED) is 0.277. The van der Waals surface area contributed by atoms with Crippen LogP contribution in [0.5, 0.6) is 0 Å². The van der Waals surface area contributed by atoms with Crippen molar-refractivity contribution in [1.82, 2.24) is 9.99 Å². The zero-order valence-corrected chi connectivity index (χ0v) is 18.2. The van der Waals surface area contributed by atoms with Crippen LogP contribution < -0.4 is 11.6 Å². The molecule has 174 valence electrons. The monoisotopic (exact) mass is 458 g/mol. The molecule has 9 heteroatoms. The van der Waals surface area contributed by atoms with Gasteiger partial charge in [0.2, 0.25) is 5.60 Å². The van der Waals surface area contributed by atoms with Gasteiger partial charge in [0.25, 0.3) is 0 Å². The number of hydrazine groups is 1. The number of hydrogen-bond acceptors (Lipinski definition) is 6. The van der Waals surface area contributed by atoms with Crippen molar-refractivity contribution < 1.29 is 23.1 Å². The number of aliphatic hydroxyl groups is 1. The van der Waals surface area contributed by atoms with Crippen molar-refractivity contribution in [3.8, 4) is 11.1 Å². The lowest BCUT2D eigenvalue weighted by atomic mass is 9.96. The lowest BCUT2D eigenvalue weighted by Gasteiger charge is -2.30. The van der Waals surface area contributed by atoms with Gasteiger partial charge in [-0.05, 0) is 35.2 Å². The van der Waals surface area contributed by atoms with E-state index in [9.17, 15) is 23.1 Å². The molecule has 2 aromatic carbocycles. The van der Waals surface area contributed by atoms with E-state index in [1.807, 2.05) is 36.4 Å². The second-order valence-electron chi connectivity index (χ2n) is 7.80. The van der Waals surface area contributed by atoms with Crippen LogP contribution in [0.15, 0.2) is 66.5 Å². The zero-order chi connectivity index (χ0) is 24.4. The van der Waals surface area contributed by atoms with E-state index in [4.69, 9.17) is 11.6 Å². The fourth-order valence-electron chi connectivity index (χ4n) is 3.52. The number of alkyl halides is 3. The molecular weight excluding hydrogens is 433 g/mol. The van der Waals surface area contributed by atoms with Crippen molar-refractivity contribution in [3.63, 3.8) is 0 Å². The van der Waals surface area contributed by atoms with Crippen LogP contribution in [0, 0.1) is 0 Å². The Morgan fingerprint density at radius 1 is 1.15 bits per heavy atom. The third kappa shape index (κ3) is 4.99. The highest BCUT2D eigenvalue weighted by Crippen LogP contribution is 2.37. The van der Waals surface area contributed by atoms with Crippen LogP contribution in [0.3, 0.4) is 0 Å². The Balaban J connectivity index is 1.98. The summed E-state index contributed by atoms with van der Waals surface area (Å²) in [5.41, 5.74) is 4.81. The normalized spacial score (nSPS) is 14.2. The number of rotatable bonds is 7. The molecule has 1 heterocycles. The molecule has 3 rings (SSSR count). The Morgan fingerprint density at radius 3 is 2.39 bits per heavy atom. The Morgan fingerprint density at radius 2 is 1.82 bits per heavy atom. The molecule has 1 atom stereocenters. The number of hydrogen-bond donors (Lipinski definition) is 3. The molecule has 0 spiro atoms. The van der Waals surface area contributed by atoms with E-state index in [2.05, 4.69) is 4.98 Å². The average molecular weight is 458 g/mol. The van der Waals surface area contributed by atoms with Gasteiger partial charge in [-0.25, -0.2) is 10.8 Å². The number of Topliss-reactive ketones (excluding diaryl/α,β-unsaturated/α-hetero) is 1. The summed E-state index contributed by atoms with van der Waals surface area (Å²) in [5, 5.41) is 11.7. The summed E-state index contributed by atoms with van der Waals surface area (Å²) in [7, 11) is 0. The largest absolute Gasteiger partial charge is 0.422 e. The van der Waals surface area contributed by atoms with E-state index < -0.39 is 23.9 Å². The van der Waals surface area contributed by atoms with Crippen LogP contribution in [0.25, 0.3) is 22.0 Å². The summed E-state index contributed by atoms with van der Waals surface area (Å²) in [6.07, 6.45) is -4.72. The van der Waals surface area contributed by atoms with Crippen molar-refractivity contribution in [2.24, 2.45) is 11.6 Å².